The summed E-state index contributed by atoms with van der Waals surface area (Å²) in [7, 11) is 1.64. The molecule has 0 aliphatic heterocycles. The third-order valence-electron chi connectivity index (χ3n) is 3.61. The monoisotopic (exact) mass is 351 g/mol. The van der Waals surface area contributed by atoms with Gasteiger partial charge in [-0.25, -0.2) is 0 Å². The molecule has 0 saturated carbocycles. The molecule has 3 aromatic rings. The first kappa shape index (κ1) is 17.0. The molecule has 1 amide bonds. The Bertz CT molecular complexity index is 921. The van der Waals surface area contributed by atoms with Crippen LogP contribution in [0.15, 0.2) is 76.8 Å². The minimum atomic E-state index is -0.298. The van der Waals surface area contributed by atoms with Gasteiger partial charge in [-0.3, -0.25) is 14.6 Å². The van der Waals surface area contributed by atoms with Gasteiger partial charge in [0, 0.05) is 53.6 Å². The van der Waals surface area contributed by atoms with E-state index in [0.29, 0.717) is 11.3 Å². The topological polar surface area (TPSA) is 64.0 Å². The number of aryl methyl sites for hydroxylation is 1. The maximum Gasteiger partial charge on any atom is 0.255 e. The maximum absolute atomic E-state index is 12.2. The van der Waals surface area contributed by atoms with Gasteiger partial charge >= 0.3 is 0 Å². The SMILES string of the molecule is Cn1ccc(C(=O)Nc2ccc(SCc3cccnc3)cc2)cc1=O. The fourth-order valence-electron chi connectivity index (χ4n) is 2.18. The zero-order valence-electron chi connectivity index (χ0n) is 13.7. The van der Waals surface area contributed by atoms with Gasteiger partial charge in [-0.05, 0) is 42.0 Å². The van der Waals surface area contributed by atoms with E-state index in [0.717, 1.165) is 16.2 Å². The van der Waals surface area contributed by atoms with E-state index >= 15 is 0 Å². The summed E-state index contributed by atoms with van der Waals surface area (Å²) in [4.78, 5) is 29.0. The average Bonchev–Trinajstić information content (AvgIpc) is 2.64. The quantitative estimate of drug-likeness (QED) is 0.716. The highest BCUT2D eigenvalue weighted by atomic mass is 32.2. The first-order valence-corrected chi connectivity index (χ1v) is 8.70. The Hall–Kier alpha value is -2.86. The molecule has 0 aliphatic rings. The van der Waals surface area contributed by atoms with Crippen LogP contribution in [0.3, 0.4) is 0 Å². The Labute approximate surface area is 149 Å². The number of amides is 1. The van der Waals surface area contributed by atoms with Crippen molar-refractivity contribution in [1.82, 2.24) is 9.55 Å². The lowest BCUT2D eigenvalue weighted by Gasteiger charge is -2.07. The molecule has 5 nitrogen and oxygen atoms in total. The van der Waals surface area contributed by atoms with Gasteiger partial charge in [0.05, 0.1) is 0 Å². The number of hydrogen-bond donors (Lipinski definition) is 1. The van der Waals surface area contributed by atoms with Crippen LogP contribution in [0.5, 0.6) is 0 Å². The molecule has 0 fully saturated rings. The number of nitrogens with zero attached hydrogens (tertiary/aromatic N) is 2. The first-order chi connectivity index (χ1) is 12.1. The van der Waals surface area contributed by atoms with Crippen molar-refractivity contribution >= 4 is 23.4 Å². The Morgan fingerprint density at radius 2 is 2.00 bits per heavy atom. The second-order valence-electron chi connectivity index (χ2n) is 5.49. The van der Waals surface area contributed by atoms with Crippen LogP contribution >= 0.6 is 11.8 Å². The van der Waals surface area contributed by atoms with Crippen molar-refractivity contribution in [3.8, 4) is 0 Å². The van der Waals surface area contributed by atoms with Crippen molar-refractivity contribution < 1.29 is 4.79 Å². The summed E-state index contributed by atoms with van der Waals surface area (Å²) in [6.45, 7) is 0. The van der Waals surface area contributed by atoms with Crippen LogP contribution < -0.4 is 10.9 Å². The lowest BCUT2D eigenvalue weighted by atomic mass is 10.2. The summed E-state index contributed by atoms with van der Waals surface area (Å²) in [6.07, 6.45) is 5.19. The van der Waals surface area contributed by atoms with Gasteiger partial charge in [0.25, 0.3) is 11.5 Å². The molecular weight excluding hydrogens is 334 g/mol. The fraction of sp³-hybridized carbons (Fsp3) is 0.105. The predicted molar refractivity (Wildman–Crippen MR) is 99.9 cm³/mol. The number of thioether (sulfide) groups is 1. The molecule has 2 heterocycles. The highest BCUT2D eigenvalue weighted by Gasteiger charge is 2.07. The van der Waals surface area contributed by atoms with Crippen molar-refractivity contribution in [2.24, 2.45) is 7.05 Å². The summed E-state index contributed by atoms with van der Waals surface area (Å²) in [6, 6.07) is 14.5. The van der Waals surface area contributed by atoms with E-state index in [1.165, 1.54) is 10.6 Å². The first-order valence-electron chi connectivity index (χ1n) is 7.71. The molecule has 0 bridgehead atoms. The molecular formula is C19H17N3O2S. The van der Waals surface area contributed by atoms with Gasteiger partial charge < -0.3 is 9.88 Å². The highest BCUT2D eigenvalue weighted by molar-refractivity contribution is 7.98. The number of pyridine rings is 2. The number of hydrogen-bond acceptors (Lipinski definition) is 4. The van der Waals surface area contributed by atoms with Crippen molar-refractivity contribution in [3.63, 3.8) is 0 Å². The molecule has 0 spiro atoms. The fourth-order valence-corrected chi connectivity index (χ4v) is 3.01. The normalized spacial score (nSPS) is 10.4. The summed E-state index contributed by atoms with van der Waals surface area (Å²) in [5.74, 6) is 0.542. The molecule has 6 heteroatoms. The minimum Gasteiger partial charge on any atom is -0.322 e. The second-order valence-corrected chi connectivity index (χ2v) is 6.54. The Morgan fingerprint density at radius 3 is 2.68 bits per heavy atom. The molecule has 0 unspecified atom stereocenters. The van der Waals surface area contributed by atoms with Crippen LogP contribution in [0.25, 0.3) is 0 Å². The number of aromatic nitrogens is 2. The molecule has 0 aliphatic carbocycles. The Balaban J connectivity index is 1.61. The molecule has 25 heavy (non-hydrogen) atoms. The molecule has 3 rings (SSSR count). The molecule has 2 aromatic heterocycles. The van der Waals surface area contributed by atoms with Gasteiger partial charge in [-0.2, -0.15) is 0 Å². The third kappa shape index (κ3) is 4.58. The van der Waals surface area contributed by atoms with E-state index in [2.05, 4.69) is 10.3 Å². The molecule has 1 aromatic carbocycles. The number of rotatable bonds is 5. The number of nitrogens with one attached hydrogen (secondary N) is 1. The van der Waals surface area contributed by atoms with E-state index in [1.807, 2.05) is 42.6 Å². The van der Waals surface area contributed by atoms with E-state index in [-0.39, 0.29) is 11.5 Å². The minimum absolute atomic E-state index is 0.213. The van der Waals surface area contributed by atoms with Crippen LogP contribution in [-0.2, 0) is 12.8 Å². The van der Waals surface area contributed by atoms with Gasteiger partial charge in [-0.1, -0.05) is 6.07 Å². The standard InChI is InChI=1S/C19H17N3O2S/c1-22-10-8-15(11-18(22)23)19(24)21-16-4-6-17(7-5-16)25-13-14-3-2-9-20-12-14/h2-12H,13H2,1H3,(H,21,24). The van der Waals surface area contributed by atoms with Crippen molar-refractivity contribution in [1.29, 1.82) is 0 Å². The molecule has 126 valence electrons. The highest BCUT2D eigenvalue weighted by Crippen LogP contribution is 2.24. The van der Waals surface area contributed by atoms with Crippen LogP contribution in [-0.4, -0.2) is 15.5 Å². The smallest absolute Gasteiger partial charge is 0.255 e. The van der Waals surface area contributed by atoms with Gasteiger partial charge in [0.15, 0.2) is 0 Å². The van der Waals surface area contributed by atoms with Crippen molar-refractivity contribution in [3.05, 3.63) is 88.6 Å². The van der Waals surface area contributed by atoms with E-state index in [9.17, 15) is 9.59 Å². The zero-order chi connectivity index (χ0) is 17.6. The summed E-state index contributed by atoms with van der Waals surface area (Å²) >= 11 is 1.70. The summed E-state index contributed by atoms with van der Waals surface area (Å²) < 4.78 is 1.42. The van der Waals surface area contributed by atoms with Crippen molar-refractivity contribution in [2.45, 2.75) is 10.6 Å². The third-order valence-corrected chi connectivity index (χ3v) is 4.69. The van der Waals surface area contributed by atoms with Crippen LogP contribution in [0.4, 0.5) is 5.69 Å². The van der Waals surface area contributed by atoms with E-state index < -0.39 is 0 Å². The van der Waals surface area contributed by atoms with Gasteiger partial charge in [0.2, 0.25) is 0 Å². The van der Waals surface area contributed by atoms with Gasteiger partial charge in [-0.15, -0.1) is 11.8 Å². The van der Waals surface area contributed by atoms with Crippen LogP contribution in [0, 0.1) is 0 Å². The van der Waals surface area contributed by atoms with Crippen LogP contribution in [0.1, 0.15) is 15.9 Å². The summed E-state index contributed by atoms with van der Waals surface area (Å²) in [5, 5.41) is 2.80. The molecule has 0 radical (unpaired) electrons. The van der Waals surface area contributed by atoms with Crippen LogP contribution in [0.2, 0.25) is 0 Å². The largest absolute Gasteiger partial charge is 0.322 e. The number of carbonyl (C=O) groups is 1. The second kappa shape index (κ2) is 7.81. The molecule has 0 saturated heterocycles. The van der Waals surface area contributed by atoms with Gasteiger partial charge in [0.1, 0.15) is 0 Å². The van der Waals surface area contributed by atoms with E-state index in [1.54, 1.807) is 37.3 Å². The maximum atomic E-state index is 12.2. The molecule has 0 atom stereocenters. The number of benzene rings is 1. The number of anilines is 1. The number of carbonyl (C=O) groups excluding carboxylic acids is 1. The Kier molecular flexibility index (Phi) is 5.30. The zero-order valence-corrected chi connectivity index (χ0v) is 14.5. The van der Waals surface area contributed by atoms with Crippen molar-refractivity contribution in [2.75, 3.05) is 5.32 Å². The van der Waals surface area contributed by atoms with E-state index in [4.69, 9.17) is 0 Å². The molecule has 1 N–H and O–H groups in total. The predicted octanol–water partition coefficient (Wildman–Crippen LogP) is 3.32. The average molecular weight is 351 g/mol. The lowest BCUT2D eigenvalue weighted by Crippen LogP contribution is -2.19. The summed E-state index contributed by atoms with van der Waals surface area (Å²) in [5.41, 5.74) is 1.99. The lowest BCUT2D eigenvalue weighted by molar-refractivity contribution is 0.102. The Morgan fingerprint density at radius 1 is 1.20 bits per heavy atom.